The largest absolute Gasteiger partial charge is 0.373 e. The van der Waals surface area contributed by atoms with Crippen molar-refractivity contribution in [2.75, 3.05) is 13.2 Å². The Balaban J connectivity index is 2.44. The molecule has 1 atom stereocenters. The van der Waals surface area contributed by atoms with Gasteiger partial charge < -0.3 is 10.5 Å². The fraction of sp³-hybridized carbons (Fsp3) is 0.500. The summed E-state index contributed by atoms with van der Waals surface area (Å²) in [6, 6.07) is 4.12. The molecule has 0 amide bonds. The SMILES string of the molecule is NC(COCC(F)(F)C(F)F)Cc1cc(Cl)ccc1Cl. The lowest BCUT2D eigenvalue weighted by molar-refractivity contribution is -0.166. The number of halogens is 6. The molecule has 1 unspecified atom stereocenters. The van der Waals surface area contributed by atoms with Crippen LogP contribution in [0.5, 0.6) is 0 Å². The summed E-state index contributed by atoms with van der Waals surface area (Å²) in [6.45, 7) is -1.66. The van der Waals surface area contributed by atoms with Crippen LogP contribution in [-0.4, -0.2) is 31.6 Å². The van der Waals surface area contributed by atoms with E-state index in [-0.39, 0.29) is 13.0 Å². The molecule has 0 aromatic heterocycles. The Labute approximate surface area is 123 Å². The maximum absolute atomic E-state index is 12.6. The van der Waals surface area contributed by atoms with Gasteiger partial charge in [0.05, 0.1) is 6.61 Å². The zero-order valence-corrected chi connectivity index (χ0v) is 11.8. The van der Waals surface area contributed by atoms with Crippen molar-refractivity contribution in [3.63, 3.8) is 0 Å². The Morgan fingerprint density at radius 2 is 1.90 bits per heavy atom. The highest BCUT2D eigenvalue weighted by molar-refractivity contribution is 6.33. The Morgan fingerprint density at radius 3 is 2.50 bits per heavy atom. The Hall–Kier alpha value is -0.560. The number of hydrogen-bond donors (Lipinski definition) is 1. The van der Waals surface area contributed by atoms with E-state index in [9.17, 15) is 17.6 Å². The van der Waals surface area contributed by atoms with Gasteiger partial charge >= 0.3 is 12.3 Å². The topological polar surface area (TPSA) is 35.2 Å². The first-order valence-electron chi connectivity index (χ1n) is 5.65. The van der Waals surface area contributed by atoms with Crippen molar-refractivity contribution in [3.8, 4) is 0 Å². The quantitative estimate of drug-likeness (QED) is 0.770. The molecule has 0 saturated carbocycles. The highest BCUT2D eigenvalue weighted by Crippen LogP contribution is 2.24. The Bertz CT molecular complexity index is 445. The number of alkyl halides is 4. The summed E-state index contributed by atoms with van der Waals surface area (Å²) in [5.41, 5.74) is 6.31. The molecule has 114 valence electrons. The van der Waals surface area contributed by atoms with E-state index < -0.39 is 25.0 Å². The minimum absolute atomic E-state index is 0.236. The van der Waals surface area contributed by atoms with Gasteiger partial charge in [-0.25, -0.2) is 8.78 Å². The van der Waals surface area contributed by atoms with Crippen LogP contribution < -0.4 is 5.73 Å². The van der Waals surface area contributed by atoms with Crippen LogP contribution in [-0.2, 0) is 11.2 Å². The molecule has 2 nitrogen and oxygen atoms in total. The highest BCUT2D eigenvalue weighted by Gasteiger charge is 2.41. The molecule has 0 saturated heterocycles. The average Bonchev–Trinajstić information content (AvgIpc) is 2.33. The van der Waals surface area contributed by atoms with Crippen molar-refractivity contribution in [1.82, 2.24) is 0 Å². The monoisotopic (exact) mass is 333 g/mol. The number of ether oxygens (including phenoxy) is 1. The van der Waals surface area contributed by atoms with Crippen molar-refractivity contribution in [1.29, 1.82) is 0 Å². The van der Waals surface area contributed by atoms with Gasteiger partial charge in [0, 0.05) is 16.1 Å². The number of hydrogen-bond acceptors (Lipinski definition) is 2. The van der Waals surface area contributed by atoms with E-state index in [0.29, 0.717) is 15.6 Å². The summed E-state index contributed by atoms with van der Waals surface area (Å²) < 4.78 is 53.5. The molecule has 0 heterocycles. The lowest BCUT2D eigenvalue weighted by Gasteiger charge is -2.18. The summed E-state index contributed by atoms with van der Waals surface area (Å²) in [5.74, 6) is -4.17. The zero-order valence-electron chi connectivity index (χ0n) is 10.3. The molecule has 1 aromatic carbocycles. The van der Waals surface area contributed by atoms with Crippen LogP contribution in [0.25, 0.3) is 0 Å². The molecule has 0 aliphatic rings. The van der Waals surface area contributed by atoms with E-state index in [0.717, 1.165) is 0 Å². The fourth-order valence-electron chi connectivity index (χ4n) is 1.45. The van der Waals surface area contributed by atoms with Crippen LogP contribution in [0.1, 0.15) is 5.56 Å². The van der Waals surface area contributed by atoms with Crippen molar-refractivity contribution >= 4 is 23.2 Å². The maximum atomic E-state index is 12.6. The molecule has 0 bridgehead atoms. The first kappa shape index (κ1) is 17.5. The van der Waals surface area contributed by atoms with Gasteiger partial charge in [0.25, 0.3) is 0 Å². The lowest BCUT2D eigenvalue weighted by atomic mass is 10.1. The number of benzene rings is 1. The third-order valence-electron chi connectivity index (χ3n) is 2.44. The molecule has 1 rings (SSSR count). The smallest absolute Gasteiger partial charge is 0.330 e. The van der Waals surface area contributed by atoms with E-state index in [1.54, 1.807) is 18.2 Å². The second-order valence-corrected chi connectivity index (χ2v) is 5.12. The van der Waals surface area contributed by atoms with Gasteiger partial charge in [0.15, 0.2) is 0 Å². The van der Waals surface area contributed by atoms with Crippen LogP contribution in [0.15, 0.2) is 18.2 Å². The lowest BCUT2D eigenvalue weighted by Crippen LogP contribution is -2.36. The zero-order chi connectivity index (χ0) is 15.3. The molecular weight excluding hydrogens is 321 g/mol. The van der Waals surface area contributed by atoms with Gasteiger partial charge in [0.1, 0.15) is 6.61 Å². The van der Waals surface area contributed by atoms with Crippen molar-refractivity contribution < 1.29 is 22.3 Å². The second-order valence-electron chi connectivity index (χ2n) is 4.28. The van der Waals surface area contributed by atoms with E-state index in [1.807, 2.05) is 0 Å². The molecule has 1 aromatic rings. The molecule has 20 heavy (non-hydrogen) atoms. The molecule has 0 aliphatic heterocycles. The fourth-order valence-corrected chi connectivity index (χ4v) is 1.84. The van der Waals surface area contributed by atoms with Crippen molar-refractivity contribution in [2.24, 2.45) is 5.73 Å². The standard InChI is InChI=1S/C12H13Cl2F4NO/c13-8-1-2-10(14)7(3-8)4-9(19)5-20-6-12(17,18)11(15)16/h1-3,9,11H,4-6,19H2. The second kappa shape index (κ2) is 7.45. The first-order chi connectivity index (χ1) is 9.22. The molecular formula is C12H13Cl2F4NO. The Kier molecular flexibility index (Phi) is 6.51. The summed E-state index contributed by atoms with van der Waals surface area (Å²) in [5, 5.41) is 0.893. The third kappa shape index (κ3) is 5.44. The predicted molar refractivity (Wildman–Crippen MR) is 69.9 cm³/mol. The normalized spacial score (nSPS) is 13.8. The third-order valence-corrected chi connectivity index (χ3v) is 3.04. The highest BCUT2D eigenvalue weighted by atomic mass is 35.5. The van der Waals surface area contributed by atoms with Gasteiger partial charge in [-0.05, 0) is 30.2 Å². The van der Waals surface area contributed by atoms with Gasteiger partial charge in [0.2, 0.25) is 0 Å². The van der Waals surface area contributed by atoms with E-state index in [1.165, 1.54) is 0 Å². The van der Waals surface area contributed by atoms with Gasteiger partial charge in [-0.2, -0.15) is 8.78 Å². The summed E-state index contributed by atoms with van der Waals surface area (Å²) in [7, 11) is 0. The van der Waals surface area contributed by atoms with Gasteiger partial charge in [-0.15, -0.1) is 0 Å². The van der Waals surface area contributed by atoms with Gasteiger partial charge in [-0.1, -0.05) is 23.2 Å². The average molecular weight is 334 g/mol. The summed E-state index contributed by atoms with van der Waals surface area (Å²) in [4.78, 5) is 0. The molecule has 8 heteroatoms. The number of nitrogens with two attached hydrogens (primary N) is 1. The van der Waals surface area contributed by atoms with E-state index in [4.69, 9.17) is 28.9 Å². The maximum Gasteiger partial charge on any atom is 0.330 e. The molecule has 0 aliphatic carbocycles. The predicted octanol–water partition coefficient (Wildman–Crippen LogP) is 3.78. The van der Waals surface area contributed by atoms with Crippen LogP contribution in [0.3, 0.4) is 0 Å². The van der Waals surface area contributed by atoms with E-state index in [2.05, 4.69) is 4.74 Å². The minimum atomic E-state index is -4.17. The van der Waals surface area contributed by atoms with Crippen molar-refractivity contribution in [3.05, 3.63) is 33.8 Å². The molecule has 0 radical (unpaired) electrons. The van der Waals surface area contributed by atoms with Crippen molar-refractivity contribution in [2.45, 2.75) is 24.8 Å². The Morgan fingerprint density at radius 1 is 1.25 bits per heavy atom. The van der Waals surface area contributed by atoms with Crippen LogP contribution in [0.2, 0.25) is 10.0 Å². The minimum Gasteiger partial charge on any atom is -0.373 e. The van der Waals surface area contributed by atoms with Crippen LogP contribution in [0.4, 0.5) is 17.6 Å². The molecule has 0 spiro atoms. The number of rotatable bonds is 7. The molecule has 2 N–H and O–H groups in total. The van der Waals surface area contributed by atoms with E-state index >= 15 is 0 Å². The summed E-state index contributed by atoms with van der Waals surface area (Å²) in [6.07, 6.45) is -3.53. The van der Waals surface area contributed by atoms with Crippen LogP contribution in [0, 0.1) is 0 Å². The molecule has 0 fully saturated rings. The first-order valence-corrected chi connectivity index (χ1v) is 6.41. The van der Waals surface area contributed by atoms with Gasteiger partial charge in [-0.3, -0.25) is 0 Å². The van der Waals surface area contributed by atoms with Crippen LogP contribution >= 0.6 is 23.2 Å². The summed E-state index contributed by atoms with van der Waals surface area (Å²) >= 11 is 11.7.